The molecule has 0 amide bonds. The molecule has 2 aliphatic carbocycles. The summed E-state index contributed by atoms with van der Waals surface area (Å²) in [6, 6.07) is 94.6. The van der Waals surface area contributed by atoms with E-state index < -0.39 is 0 Å². The van der Waals surface area contributed by atoms with E-state index in [2.05, 4.69) is 304 Å². The van der Waals surface area contributed by atoms with Crippen molar-refractivity contribution >= 4 is 22.7 Å². The smallest absolute Gasteiger partial charge is 0.164 e. The third kappa shape index (κ3) is 10.9. The van der Waals surface area contributed by atoms with Gasteiger partial charge in [0.05, 0.1) is 11.4 Å². The molecule has 410 valence electrons. The first kappa shape index (κ1) is 53.3. The number of rotatable bonds is 13. The van der Waals surface area contributed by atoms with Gasteiger partial charge in [-0.2, -0.15) is 0 Å². The molecule has 10 aromatic carbocycles. The molecule has 0 saturated heterocycles. The van der Waals surface area contributed by atoms with Crippen LogP contribution in [0.25, 0.3) is 89.6 Å². The zero-order chi connectivity index (χ0) is 57.7. The largest absolute Gasteiger partial charge is 0.232 e. The Morgan fingerprint density at radius 2 is 0.767 bits per heavy atom. The van der Waals surface area contributed by atoms with Crippen molar-refractivity contribution in [1.29, 1.82) is 0 Å². The van der Waals surface area contributed by atoms with Gasteiger partial charge in [0.1, 0.15) is 0 Å². The maximum absolute atomic E-state index is 5.54. The van der Waals surface area contributed by atoms with E-state index in [0.29, 0.717) is 29.7 Å². The van der Waals surface area contributed by atoms with Crippen molar-refractivity contribution in [2.24, 2.45) is 9.98 Å². The first-order valence-electron chi connectivity index (χ1n) is 29.7. The fraction of sp³-hybridized carbons (Fsp3) is 0.0741. The van der Waals surface area contributed by atoms with Crippen LogP contribution in [-0.2, 0) is 5.41 Å². The first-order valence-corrected chi connectivity index (χ1v) is 29.7. The normalized spacial score (nSPS) is 15.7. The Hall–Kier alpha value is -10.8. The van der Waals surface area contributed by atoms with E-state index in [1.54, 1.807) is 0 Å². The second-order valence-corrected chi connectivity index (χ2v) is 22.3. The van der Waals surface area contributed by atoms with Crippen LogP contribution in [0.3, 0.4) is 0 Å². The third-order valence-electron chi connectivity index (χ3n) is 16.8. The Morgan fingerprint density at radius 3 is 1.36 bits per heavy atom. The van der Waals surface area contributed by atoms with Crippen LogP contribution in [-0.4, -0.2) is 26.5 Å². The van der Waals surface area contributed by atoms with Gasteiger partial charge in [0.2, 0.25) is 0 Å². The highest BCUT2D eigenvalue weighted by atomic mass is 15.0. The standard InChI is InChI=1S/C81H61N5/c1-81(67-40-12-5-13-41-67)51-21-20-48-74(81)80-85-77(84-79(86-80)73-47-19-16-44-70(73)58-30-10-4-11-31-58)66-39-25-37-64(55-66)62-35-23-33-60(53-62)59-32-22-34-61(52-59)63-36-24-38-65(54-63)75-49-50-76(71-45-17-14-42-68(71)56-26-6-2-7-27-56)83-78(82-75)72-46-18-15-43-69(72)57-28-8-3-9-29-57/h2-13,15-16,18-48,50,52-55H,14,17,49,51H2,1H3. The highest BCUT2D eigenvalue weighted by Gasteiger charge is 2.35. The van der Waals surface area contributed by atoms with Crippen molar-refractivity contribution in [3.63, 3.8) is 0 Å². The van der Waals surface area contributed by atoms with Gasteiger partial charge in [0.15, 0.2) is 23.3 Å². The minimum Gasteiger partial charge on any atom is -0.232 e. The molecule has 0 bridgehead atoms. The quantitative estimate of drug-likeness (QED) is 0.116. The molecule has 3 aliphatic rings. The Labute approximate surface area is 504 Å². The summed E-state index contributed by atoms with van der Waals surface area (Å²) >= 11 is 0. The number of hydrogen-bond donors (Lipinski definition) is 0. The zero-order valence-corrected chi connectivity index (χ0v) is 47.9. The van der Waals surface area contributed by atoms with E-state index in [4.69, 9.17) is 24.9 Å². The van der Waals surface area contributed by atoms with Gasteiger partial charge in [-0.05, 0) is 121 Å². The van der Waals surface area contributed by atoms with Gasteiger partial charge in [-0.15, -0.1) is 0 Å². The molecule has 1 unspecified atom stereocenters. The fourth-order valence-electron chi connectivity index (χ4n) is 12.3. The van der Waals surface area contributed by atoms with Crippen LogP contribution in [0, 0.1) is 0 Å². The van der Waals surface area contributed by atoms with Crippen molar-refractivity contribution in [1.82, 2.24) is 15.0 Å². The maximum atomic E-state index is 5.54. The predicted octanol–water partition coefficient (Wildman–Crippen LogP) is 20.2. The lowest BCUT2D eigenvalue weighted by molar-refractivity contribution is 0.615. The lowest BCUT2D eigenvalue weighted by atomic mass is 9.71. The van der Waals surface area contributed by atoms with Crippen LogP contribution in [0.5, 0.6) is 0 Å². The highest BCUT2D eigenvalue weighted by Crippen LogP contribution is 2.44. The van der Waals surface area contributed by atoms with Crippen molar-refractivity contribution in [3.05, 3.63) is 343 Å². The molecule has 2 heterocycles. The lowest BCUT2D eigenvalue weighted by Gasteiger charge is -2.33. The van der Waals surface area contributed by atoms with Crippen molar-refractivity contribution < 1.29 is 0 Å². The molecule has 1 aromatic heterocycles. The van der Waals surface area contributed by atoms with E-state index >= 15 is 0 Å². The second-order valence-electron chi connectivity index (χ2n) is 22.3. The molecular formula is C81H61N5. The molecular weight excluding hydrogens is 1040 g/mol. The van der Waals surface area contributed by atoms with E-state index in [1.807, 2.05) is 6.07 Å². The van der Waals surface area contributed by atoms with Gasteiger partial charge in [0.25, 0.3) is 0 Å². The van der Waals surface area contributed by atoms with Gasteiger partial charge in [-0.1, -0.05) is 286 Å². The summed E-state index contributed by atoms with van der Waals surface area (Å²) in [4.78, 5) is 27.1. The van der Waals surface area contributed by atoms with E-state index in [-0.39, 0.29) is 5.41 Å². The summed E-state index contributed by atoms with van der Waals surface area (Å²) in [6.45, 7) is 2.30. The predicted molar refractivity (Wildman–Crippen MR) is 357 cm³/mol. The van der Waals surface area contributed by atoms with Crippen molar-refractivity contribution in [3.8, 4) is 78.4 Å². The summed E-state index contributed by atoms with van der Waals surface area (Å²) in [5.74, 6) is 2.62. The van der Waals surface area contributed by atoms with E-state index in [0.717, 1.165) is 120 Å². The van der Waals surface area contributed by atoms with Gasteiger partial charge < -0.3 is 0 Å². The maximum Gasteiger partial charge on any atom is 0.164 e. The zero-order valence-electron chi connectivity index (χ0n) is 47.9. The van der Waals surface area contributed by atoms with Crippen LogP contribution < -0.4 is 0 Å². The van der Waals surface area contributed by atoms with Crippen LogP contribution in [0.1, 0.15) is 60.7 Å². The number of amidine groups is 1. The van der Waals surface area contributed by atoms with Crippen LogP contribution in [0.15, 0.2) is 325 Å². The Kier molecular flexibility index (Phi) is 14.8. The summed E-state index contributed by atoms with van der Waals surface area (Å²) in [5, 5.41) is 0. The molecule has 86 heavy (non-hydrogen) atoms. The number of allylic oxidation sites excluding steroid dienone is 8. The number of aromatic nitrogens is 3. The number of hydrogen-bond acceptors (Lipinski definition) is 5. The van der Waals surface area contributed by atoms with Gasteiger partial charge >= 0.3 is 0 Å². The van der Waals surface area contributed by atoms with Crippen LogP contribution in [0.4, 0.5) is 0 Å². The molecule has 0 saturated carbocycles. The van der Waals surface area contributed by atoms with Crippen LogP contribution >= 0.6 is 0 Å². The molecule has 0 N–H and O–H groups in total. The fourth-order valence-corrected chi connectivity index (χ4v) is 12.3. The van der Waals surface area contributed by atoms with Crippen molar-refractivity contribution in [2.45, 2.75) is 38.0 Å². The third-order valence-corrected chi connectivity index (χ3v) is 16.8. The average Bonchev–Trinajstić information content (AvgIpc) is 2.08. The molecule has 1 atom stereocenters. The van der Waals surface area contributed by atoms with Gasteiger partial charge in [0, 0.05) is 39.7 Å². The number of benzene rings is 10. The SMILES string of the molecule is CC1(c2ccccc2)CC=CC=C1c1nc(-c2cccc(-c3cccc(-c4cccc(-c5cccc(C6=NC(c7ccccc7-c7ccccc7)=NC(C7=CCCC=C7c7ccccc7)=CC6)c5)c4)c3)c2)nc(-c2ccccc2-c2ccccc2)n1. The molecule has 1 aliphatic heterocycles. The van der Waals surface area contributed by atoms with Crippen LogP contribution in [0.2, 0.25) is 0 Å². The summed E-state index contributed by atoms with van der Waals surface area (Å²) in [6.07, 6.45) is 17.0. The van der Waals surface area contributed by atoms with Crippen molar-refractivity contribution in [2.75, 3.05) is 0 Å². The lowest BCUT2D eigenvalue weighted by Crippen LogP contribution is -2.26. The topological polar surface area (TPSA) is 63.4 Å². The number of nitrogens with zero attached hydrogens (tertiary/aromatic N) is 5. The molecule has 0 radical (unpaired) electrons. The number of aliphatic imine (C=N–C) groups is 2. The monoisotopic (exact) mass is 1100 g/mol. The average molecular weight is 1100 g/mol. The minimum atomic E-state index is -0.354. The molecule has 11 aromatic rings. The highest BCUT2D eigenvalue weighted by molar-refractivity contribution is 6.16. The van der Waals surface area contributed by atoms with E-state index in [1.165, 1.54) is 16.7 Å². The summed E-state index contributed by atoms with van der Waals surface area (Å²) < 4.78 is 0. The second kappa shape index (κ2) is 23.8. The summed E-state index contributed by atoms with van der Waals surface area (Å²) in [5.41, 5.74) is 22.4. The molecule has 5 heteroatoms. The van der Waals surface area contributed by atoms with Gasteiger partial charge in [-0.3, -0.25) is 0 Å². The summed E-state index contributed by atoms with van der Waals surface area (Å²) in [7, 11) is 0. The van der Waals surface area contributed by atoms with Gasteiger partial charge in [-0.25, -0.2) is 24.9 Å². The molecule has 14 rings (SSSR count). The molecule has 0 fully saturated rings. The minimum absolute atomic E-state index is 0.354. The van der Waals surface area contributed by atoms with E-state index in [9.17, 15) is 0 Å². The molecule has 5 nitrogen and oxygen atoms in total. The molecule has 0 spiro atoms. The first-order chi connectivity index (χ1) is 42.5. The Bertz CT molecular complexity index is 4570. The Balaban J connectivity index is 0.801. The Morgan fingerprint density at radius 1 is 0.337 bits per heavy atom.